The van der Waals surface area contributed by atoms with E-state index in [-0.39, 0.29) is 34.9 Å². The molecule has 3 amide bonds. The Morgan fingerprint density at radius 1 is 1.11 bits per heavy atom. The van der Waals surface area contributed by atoms with E-state index in [0.717, 1.165) is 32.1 Å². The van der Waals surface area contributed by atoms with Gasteiger partial charge < -0.3 is 20.3 Å². The molecule has 0 spiro atoms. The zero-order valence-electron chi connectivity index (χ0n) is 24.0. The van der Waals surface area contributed by atoms with Crippen LogP contribution >= 0.6 is 0 Å². The number of unbranched alkanes of at least 4 members (excludes halogenated alkanes) is 1. The molecule has 1 unspecified atom stereocenters. The lowest BCUT2D eigenvalue weighted by atomic mass is 9.78. The van der Waals surface area contributed by atoms with Crippen LogP contribution in [0.25, 0.3) is 0 Å². The Morgan fingerprint density at radius 2 is 1.76 bits per heavy atom. The van der Waals surface area contributed by atoms with E-state index in [0.29, 0.717) is 32.4 Å². The number of esters is 1. The van der Waals surface area contributed by atoms with Gasteiger partial charge in [-0.1, -0.05) is 67.2 Å². The van der Waals surface area contributed by atoms with Crippen LogP contribution in [-0.4, -0.2) is 73.0 Å². The number of ether oxygens (including phenoxy) is 1. The fourth-order valence-electron chi connectivity index (χ4n) is 7.15. The quantitative estimate of drug-likeness (QED) is 0.351. The maximum absolute atomic E-state index is 14.0. The third-order valence-corrected chi connectivity index (χ3v) is 12.0. The first-order chi connectivity index (χ1) is 17.7. The number of carbonyl (C=O) groups is 3. The number of hydrogen-bond donors (Lipinski definition) is 2. The molecule has 38 heavy (non-hydrogen) atoms. The largest absolute Gasteiger partial charge is 0.464 e. The summed E-state index contributed by atoms with van der Waals surface area (Å²) in [7, 11) is -3.22. The van der Waals surface area contributed by atoms with Gasteiger partial charge in [-0.25, -0.2) is 18.0 Å². The smallest absolute Gasteiger partial charge is 0.329 e. The zero-order chi connectivity index (χ0) is 28.1. The first-order valence-corrected chi connectivity index (χ1v) is 16.1. The number of carbonyl (C=O) groups excluding carboxylic acids is 3. The van der Waals surface area contributed by atoms with Crippen molar-refractivity contribution in [2.45, 2.75) is 116 Å². The van der Waals surface area contributed by atoms with Crippen molar-refractivity contribution < 1.29 is 27.5 Å². The van der Waals surface area contributed by atoms with Crippen LogP contribution in [0.2, 0.25) is 0 Å². The van der Waals surface area contributed by atoms with Crippen LogP contribution in [0.4, 0.5) is 4.79 Å². The summed E-state index contributed by atoms with van der Waals surface area (Å²) in [5.74, 6) is -0.224. The predicted octanol–water partition coefficient (Wildman–Crippen LogP) is 3.42. The number of urea groups is 1. The molecule has 0 aromatic rings. The molecular formula is C28H47N3O6S. The van der Waals surface area contributed by atoms with Crippen molar-refractivity contribution in [3.05, 3.63) is 0 Å². The van der Waals surface area contributed by atoms with Gasteiger partial charge in [-0.2, -0.15) is 0 Å². The van der Waals surface area contributed by atoms with Gasteiger partial charge in [0.25, 0.3) is 0 Å². The Balaban J connectivity index is 1.51. The van der Waals surface area contributed by atoms with Gasteiger partial charge in [0.1, 0.15) is 12.1 Å². The minimum atomic E-state index is -3.22. The Hall–Kier alpha value is -1.84. The summed E-state index contributed by atoms with van der Waals surface area (Å²) >= 11 is 0. The molecule has 4 aliphatic rings. The minimum absolute atomic E-state index is 0.0329. The van der Waals surface area contributed by atoms with Crippen LogP contribution in [0.3, 0.4) is 0 Å². The van der Waals surface area contributed by atoms with E-state index in [4.69, 9.17) is 4.74 Å². The second-order valence-electron chi connectivity index (χ2n) is 13.7. The lowest BCUT2D eigenvalue weighted by molar-refractivity contribution is -0.157. The Kier molecular flexibility index (Phi) is 7.89. The first kappa shape index (κ1) is 29.2. The van der Waals surface area contributed by atoms with Crippen molar-refractivity contribution in [3.8, 4) is 0 Å². The maximum Gasteiger partial charge on any atom is 0.329 e. The molecule has 5 atom stereocenters. The number of hydrogen-bond acceptors (Lipinski definition) is 6. The second kappa shape index (κ2) is 10.3. The first-order valence-electron chi connectivity index (χ1n) is 14.4. The molecule has 216 valence electrons. The SMILES string of the molecule is CCCCOC(=O)[C@@H]1[C@@H]2[C@H](CN1C(=O)[C@@H](NC(=O)NC1(C3CCS3(=O)=O)CCCCC1)C(C)(C)C)C2(C)C. The average Bonchev–Trinajstić information content (AvgIpc) is 3.15. The molecular weight excluding hydrogens is 506 g/mol. The lowest BCUT2D eigenvalue weighted by Crippen LogP contribution is -2.67. The summed E-state index contributed by atoms with van der Waals surface area (Å²) in [5.41, 5.74) is -1.46. The highest BCUT2D eigenvalue weighted by molar-refractivity contribution is 7.93. The second-order valence-corrected chi connectivity index (χ2v) is 16.0. The van der Waals surface area contributed by atoms with E-state index in [1.807, 2.05) is 27.7 Å². The minimum Gasteiger partial charge on any atom is -0.464 e. The van der Waals surface area contributed by atoms with E-state index in [1.54, 1.807) is 4.90 Å². The molecule has 2 aliphatic heterocycles. The molecule has 0 aromatic carbocycles. The summed E-state index contributed by atoms with van der Waals surface area (Å²) in [6, 6.07) is -2.06. The number of nitrogens with one attached hydrogen (secondary N) is 2. The lowest BCUT2D eigenvalue weighted by Gasteiger charge is -2.47. The molecule has 9 nitrogen and oxygen atoms in total. The molecule has 2 aliphatic carbocycles. The number of sulfone groups is 1. The van der Waals surface area contributed by atoms with E-state index >= 15 is 0 Å². The van der Waals surface area contributed by atoms with Gasteiger partial charge in [0.2, 0.25) is 5.91 Å². The zero-order valence-corrected chi connectivity index (χ0v) is 24.8. The van der Waals surface area contributed by atoms with Gasteiger partial charge in [-0.05, 0) is 42.4 Å². The van der Waals surface area contributed by atoms with E-state index in [2.05, 4.69) is 24.5 Å². The van der Waals surface area contributed by atoms with Crippen LogP contribution in [0.1, 0.15) is 92.9 Å². The summed E-state index contributed by atoms with van der Waals surface area (Å²) in [4.78, 5) is 42.2. The molecule has 0 bridgehead atoms. The Morgan fingerprint density at radius 3 is 2.29 bits per heavy atom. The summed E-state index contributed by atoms with van der Waals surface area (Å²) in [5, 5.41) is 5.39. The van der Waals surface area contributed by atoms with Crippen LogP contribution in [0.5, 0.6) is 0 Å². The molecule has 2 saturated carbocycles. The molecule has 2 saturated heterocycles. The fourth-order valence-corrected chi connectivity index (χ4v) is 8.99. The topological polar surface area (TPSA) is 122 Å². The summed E-state index contributed by atoms with van der Waals surface area (Å²) in [6.45, 7) is 12.7. The number of amides is 3. The van der Waals surface area contributed by atoms with Gasteiger partial charge in [0, 0.05) is 12.5 Å². The Bertz CT molecular complexity index is 1040. The third kappa shape index (κ3) is 5.30. The number of fused-ring (bicyclic) bond motifs is 1. The van der Waals surface area contributed by atoms with E-state index in [1.165, 1.54) is 0 Å². The van der Waals surface area contributed by atoms with Gasteiger partial charge in [-0.3, -0.25) is 4.79 Å². The van der Waals surface area contributed by atoms with Gasteiger partial charge in [0.15, 0.2) is 9.84 Å². The molecule has 2 heterocycles. The molecule has 4 fully saturated rings. The fraction of sp³-hybridized carbons (Fsp3) is 0.893. The normalized spacial score (nSPS) is 31.4. The molecule has 0 radical (unpaired) electrons. The van der Waals surface area contributed by atoms with Crippen molar-refractivity contribution in [1.82, 2.24) is 15.5 Å². The number of piperidine rings is 1. The highest BCUT2D eigenvalue weighted by Crippen LogP contribution is 2.65. The highest BCUT2D eigenvalue weighted by atomic mass is 32.2. The van der Waals surface area contributed by atoms with Crippen LogP contribution in [0.15, 0.2) is 0 Å². The van der Waals surface area contributed by atoms with Crippen LogP contribution < -0.4 is 10.6 Å². The van der Waals surface area contributed by atoms with Crippen molar-refractivity contribution in [1.29, 1.82) is 0 Å². The van der Waals surface area contributed by atoms with Crippen molar-refractivity contribution in [3.63, 3.8) is 0 Å². The monoisotopic (exact) mass is 553 g/mol. The summed E-state index contributed by atoms with van der Waals surface area (Å²) < 4.78 is 30.7. The van der Waals surface area contributed by atoms with Crippen molar-refractivity contribution >= 4 is 27.7 Å². The summed E-state index contributed by atoms with van der Waals surface area (Å²) in [6.07, 6.45) is 6.22. The predicted molar refractivity (Wildman–Crippen MR) is 145 cm³/mol. The maximum atomic E-state index is 14.0. The number of nitrogens with zero attached hydrogens (tertiary/aromatic N) is 1. The number of rotatable bonds is 8. The molecule has 4 rings (SSSR count). The van der Waals surface area contributed by atoms with Crippen LogP contribution in [-0.2, 0) is 24.2 Å². The van der Waals surface area contributed by atoms with E-state index in [9.17, 15) is 22.8 Å². The molecule has 10 heteroatoms. The van der Waals surface area contributed by atoms with Crippen molar-refractivity contribution in [2.24, 2.45) is 22.7 Å². The highest BCUT2D eigenvalue weighted by Gasteiger charge is 2.70. The van der Waals surface area contributed by atoms with E-state index < -0.39 is 44.2 Å². The van der Waals surface area contributed by atoms with Gasteiger partial charge >= 0.3 is 12.0 Å². The molecule has 0 aromatic heterocycles. The van der Waals surface area contributed by atoms with Gasteiger partial charge in [-0.15, -0.1) is 0 Å². The Labute approximate surface area is 228 Å². The van der Waals surface area contributed by atoms with Crippen molar-refractivity contribution in [2.75, 3.05) is 18.9 Å². The third-order valence-electron chi connectivity index (χ3n) is 9.69. The molecule has 2 N–H and O–H groups in total. The number of likely N-dealkylation sites (tertiary alicyclic amines) is 1. The standard InChI is InChI=1S/C28H47N3O6S/c1-7-8-15-37-24(33)21-20-18(27(20,5)6)17-31(21)23(32)22(26(2,3)4)29-25(34)30-28(13-10-9-11-14-28)19-12-16-38(19,35)36/h18-22H,7-17H2,1-6H3,(H2,29,30,34)/t18-,19?,20-,21-,22+/m0/s1. The van der Waals surface area contributed by atoms with Crippen LogP contribution in [0, 0.1) is 22.7 Å². The average molecular weight is 554 g/mol. The van der Waals surface area contributed by atoms with Gasteiger partial charge in [0.05, 0.1) is 23.1 Å².